The first kappa shape index (κ1) is 23.9. The maximum Gasteiger partial charge on any atom is 0.275 e. The Morgan fingerprint density at radius 2 is 1.82 bits per heavy atom. The van der Waals surface area contributed by atoms with Gasteiger partial charge in [0.2, 0.25) is 0 Å². The molecule has 1 saturated heterocycles. The van der Waals surface area contributed by atoms with Gasteiger partial charge in [-0.25, -0.2) is 18.7 Å². The number of nitrogens with one attached hydrogen (secondary N) is 1. The predicted octanol–water partition coefficient (Wildman–Crippen LogP) is 2.50. The molecule has 0 atom stereocenters. The molecule has 2 N–H and O–H groups in total. The monoisotopic (exact) mass is 515 g/mol. The molecular weight excluding hydrogens is 489 g/mol. The summed E-state index contributed by atoms with van der Waals surface area (Å²) in [7, 11) is 0. The summed E-state index contributed by atoms with van der Waals surface area (Å²) in [5.74, 6) is -0.185. The third-order valence-corrected chi connectivity index (χ3v) is 7.14. The Balaban J connectivity index is 1.08. The van der Waals surface area contributed by atoms with Gasteiger partial charge in [-0.3, -0.25) is 9.59 Å². The zero-order valence-electron chi connectivity index (χ0n) is 20.5. The topological polar surface area (TPSA) is 109 Å². The molecular formula is C27H26FN7O3. The van der Waals surface area contributed by atoms with Crippen molar-refractivity contribution in [2.24, 2.45) is 0 Å². The average molecular weight is 516 g/mol. The number of halogens is 1. The fraction of sp³-hybridized carbons (Fsp3) is 0.259. The summed E-state index contributed by atoms with van der Waals surface area (Å²) in [6, 6.07) is 15.0. The molecule has 6 rings (SSSR count). The zero-order chi connectivity index (χ0) is 26.3. The van der Waals surface area contributed by atoms with E-state index in [1.165, 1.54) is 18.3 Å². The molecule has 194 valence electrons. The third kappa shape index (κ3) is 4.41. The lowest BCUT2D eigenvalue weighted by atomic mass is 9.90. The number of hydrogen-bond acceptors (Lipinski definition) is 6. The van der Waals surface area contributed by atoms with E-state index in [1.54, 1.807) is 49.6 Å². The molecule has 2 aromatic heterocycles. The number of benzene rings is 2. The normalized spacial score (nSPS) is 16.7. The van der Waals surface area contributed by atoms with E-state index in [0.29, 0.717) is 48.6 Å². The van der Waals surface area contributed by atoms with E-state index in [9.17, 15) is 19.1 Å². The van der Waals surface area contributed by atoms with Crippen LogP contribution in [0.3, 0.4) is 0 Å². The maximum absolute atomic E-state index is 13.3. The second kappa shape index (κ2) is 9.42. The Kier molecular flexibility index (Phi) is 5.91. The van der Waals surface area contributed by atoms with Gasteiger partial charge in [-0.1, -0.05) is 0 Å². The van der Waals surface area contributed by atoms with Crippen molar-refractivity contribution in [2.45, 2.75) is 18.4 Å². The highest BCUT2D eigenvalue weighted by Gasteiger charge is 2.39. The molecule has 2 aliphatic heterocycles. The van der Waals surface area contributed by atoms with Crippen LogP contribution in [-0.2, 0) is 0 Å². The number of piperidine rings is 1. The minimum absolute atomic E-state index is 0.0907. The van der Waals surface area contributed by atoms with Crippen LogP contribution >= 0.6 is 0 Å². The van der Waals surface area contributed by atoms with Crippen molar-refractivity contribution in [3.63, 3.8) is 0 Å². The Morgan fingerprint density at radius 1 is 1.08 bits per heavy atom. The Hall–Kier alpha value is -4.51. The molecule has 0 saturated carbocycles. The van der Waals surface area contributed by atoms with Gasteiger partial charge in [-0.2, -0.15) is 5.10 Å². The van der Waals surface area contributed by atoms with Gasteiger partial charge < -0.3 is 20.3 Å². The Labute approximate surface area is 217 Å². The van der Waals surface area contributed by atoms with Crippen molar-refractivity contribution in [3.05, 3.63) is 90.3 Å². The number of imidazole rings is 1. The van der Waals surface area contributed by atoms with Crippen LogP contribution in [0.5, 0.6) is 0 Å². The molecule has 0 aliphatic carbocycles. The lowest BCUT2D eigenvalue weighted by Crippen LogP contribution is -2.56. The molecule has 4 heterocycles. The van der Waals surface area contributed by atoms with Gasteiger partial charge in [0, 0.05) is 36.6 Å². The van der Waals surface area contributed by atoms with Gasteiger partial charge in [-0.05, 0) is 67.4 Å². The van der Waals surface area contributed by atoms with Gasteiger partial charge >= 0.3 is 0 Å². The van der Waals surface area contributed by atoms with Crippen molar-refractivity contribution in [3.8, 4) is 17.1 Å². The summed E-state index contributed by atoms with van der Waals surface area (Å²) < 4.78 is 16.6. The van der Waals surface area contributed by atoms with Gasteiger partial charge in [0.1, 0.15) is 18.2 Å². The highest BCUT2D eigenvalue weighted by atomic mass is 19.1. The van der Waals surface area contributed by atoms with E-state index >= 15 is 0 Å². The van der Waals surface area contributed by atoms with Crippen LogP contribution in [0.15, 0.2) is 73.2 Å². The van der Waals surface area contributed by atoms with E-state index in [0.717, 1.165) is 5.69 Å². The molecule has 0 unspecified atom stereocenters. The first-order valence-electron chi connectivity index (χ1n) is 12.4. The molecule has 38 heavy (non-hydrogen) atoms. The van der Waals surface area contributed by atoms with Crippen molar-refractivity contribution in [1.82, 2.24) is 29.2 Å². The minimum atomic E-state index is -1.11. The summed E-state index contributed by atoms with van der Waals surface area (Å²) >= 11 is 0. The number of rotatable bonds is 5. The SMILES string of the molecule is O=C(c1ccc(-n2cccn2)cc1)N1CCC(O)(CN2CNn3c(cnc3-c3ccc(F)cc3)C2=O)CC1. The van der Waals surface area contributed by atoms with Crippen molar-refractivity contribution >= 4 is 11.8 Å². The number of β-amino-alcohol motifs (C(OH)–C–C–N with tert-alkyl or cyclic N) is 1. The minimum Gasteiger partial charge on any atom is -0.388 e. The molecule has 0 bridgehead atoms. The molecule has 0 radical (unpaired) electrons. The summed E-state index contributed by atoms with van der Waals surface area (Å²) in [5.41, 5.74) is 4.51. The number of carbonyl (C=O) groups excluding carboxylic acids is 2. The van der Waals surface area contributed by atoms with E-state index in [-0.39, 0.29) is 30.8 Å². The number of aromatic nitrogens is 4. The van der Waals surface area contributed by atoms with E-state index in [2.05, 4.69) is 15.5 Å². The summed E-state index contributed by atoms with van der Waals surface area (Å²) in [6.45, 7) is 1.09. The van der Waals surface area contributed by atoms with Crippen LogP contribution in [0.1, 0.15) is 33.7 Å². The molecule has 2 aliphatic rings. The maximum atomic E-state index is 13.3. The lowest BCUT2D eigenvalue weighted by Gasteiger charge is -2.42. The van der Waals surface area contributed by atoms with E-state index in [4.69, 9.17) is 0 Å². The van der Waals surface area contributed by atoms with Crippen molar-refractivity contribution in [1.29, 1.82) is 0 Å². The first-order valence-corrected chi connectivity index (χ1v) is 12.4. The van der Waals surface area contributed by atoms with E-state index in [1.807, 2.05) is 24.4 Å². The highest BCUT2D eigenvalue weighted by molar-refractivity contribution is 5.95. The number of hydrogen-bond donors (Lipinski definition) is 2. The number of amides is 2. The highest BCUT2D eigenvalue weighted by Crippen LogP contribution is 2.27. The first-order chi connectivity index (χ1) is 18.4. The Bertz CT molecular complexity index is 1460. The molecule has 4 aromatic rings. The molecule has 10 nitrogen and oxygen atoms in total. The molecule has 1 fully saturated rings. The second-order valence-electron chi connectivity index (χ2n) is 9.64. The fourth-order valence-corrected chi connectivity index (χ4v) is 4.98. The predicted molar refractivity (Wildman–Crippen MR) is 137 cm³/mol. The summed E-state index contributed by atoms with van der Waals surface area (Å²) in [6.07, 6.45) is 5.72. The standard InChI is InChI=1S/C27H26FN7O3/c28-21-6-2-19(3-7-21)24-29-16-23-26(37)33(18-31-35(23)24)17-27(38)10-14-32(15-11-27)25(36)20-4-8-22(9-5-20)34-13-1-12-30-34/h1-9,12-13,16,31,38H,10-11,14-15,17-18H2. The number of aliphatic hydroxyl groups is 1. The van der Waals surface area contributed by atoms with Crippen LogP contribution < -0.4 is 5.43 Å². The number of nitrogens with zero attached hydrogens (tertiary/aromatic N) is 6. The molecule has 11 heteroatoms. The van der Waals surface area contributed by atoms with Crippen LogP contribution in [0, 0.1) is 5.82 Å². The van der Waals surface area contributed by atoms with Crippen LogP contribution in [0.4, 0.5) is 4.39 Å². The molecule has 2 amide bonds. The second-order valence-corrected chi connectivity index (χ2v) is 9.64. The fourth-order valence-electron chi connectivity index (χ4n) is 4.98. The quantitative estimate of drug-likeness (QED) is 0.423. The van der Waals surface area contributed by atoms with Gasteiger partial charge in [0.25, 0.3) is 11.8 Å². The lowest BCUT2D eigenvalue weighted by molar-refractivity contribution is -0.0369. The van der Waals surface area contributed by atoms with Gasteiger partial charge in [0.05, 0.1) is 24.0 Å². The smallest absolute Gasteiger partial charge is 0.275 e. The summed E-state index contributed by atoms with van der Waals surface area (Å²) in [5, 5.41) is 15.5. The largest absolute Gasteiger partial charge is 0.388 e. The van der Waals surface area contributed by atoms with Crippen LogP contribution in [0.2, 0.25) is 0 Å². The molecule has 2 aromatic carbocycles. The van der Waals surface area contributed by atoms with E-state index < -0.39 is 5.60 Å². The van der Waals surface area contributed by atoms with Gasteiger partial charge in [0.15, 0.2) is 5.82 Å². The van der Waals surface area contributed by atoms with Crippen molar-refractivity contribution in [2.75, 3.05) is 31.7 Å². The van der Waals surface area contributed by atoms with Crippen molar-refractivity contribution < 1.29 is 19.1 Å². The Morgan fingerprint density at radius 3 is 2.50 bits per heavy atom. The number of carbonyl (C=O) groups is 2. The van der Waals surface area contributed by atoms with Crippen LogP contribution in [0.25, 0.3) is 17.1 Å². The number of fused-ring (bicyclic) bond motifs is 1. The van der Waals surface area contributed by atoms with Crippen LogP contribution in [-0.4, -0.2) is 78.1 Å². The third-order valence-electron chi connectivity index (χ3n) is 7.14. The zero-order valence-corrected chi connectivity index (χ0v) is 20.5. The number of likely N-dealkylation sites (tertiary alicyclic amines) is 1. The van der Waals surface area contributed by atoms with Gasteiger partial charge in [-0.15, -0.1) is 0 Å². The molecule has 0 spiro atoms. The average Bonchev–Trinajstić information content (AvgIpc) is 3.62. The summed E-state index contributed by atoms with van der Waals surface area (Å²) in [4.78, 5) is 33.9.